The Labute approximate surface area is 116 Å². The molecule has 6 heteroatoms. The number of nitrogens with zero attached hydrogens (tertiary/aromatic N) is 4. The van der Waals surface area contributed by atoms with E-state index in [4.69, 9.17) is 0 Å². The fraction of sp³-hybridized carbons (Fsp3) is 0.214. The van der Waals surface area contributed by atoms with Gasteiger partial charge in [-0.3, -0.25) is 4.68 Å². The molecule has 0 saturated heterocycles. The number of rotatable bonds is 5. The Kier molecular flexibility index (Phi) is 3.56. The summed E-state index contributed by atoms with van der Waals surface area (Å²) in [7, 11) is 1.93. The van der Waals surface area contributed by atoms with Gasteiger partial charge in [-0.25, -0.2) is 0 Å². The second-order valence-corrected chi connectivity index (χ2v) is 4.53. The summed E-state index contributed by atoms with van der Waals surface area (Å²) in [6.45, 7) is 1.41. The van der Waals surface area contributed by atoms with Crippen LogP contribution < -0.4 is 5.32 Å². The van der Waals surface area contributed by atoms with Crippen molar-refractivity contribution in [2.75, 3.05) is 0 Å². The Morgan fingerprint density at radius 1 is 1.10 bits per heavy atom. The molecule has 2 heterocycles. The molecule has 0 fully saturated rings. The van der Waals surface area contributed by atoms with Crippen LogP contribution in [-0.2, 0) is 20.1 Å². The first-order valence-corrected chi connectivity index (χ1v) is 6.47. The zero-order valence-electron chi connectivity index (χ0n) is 11.2. The number of benzene rings is 1. The minimum atomic E-state index is 0.659. The van der Waals surface area contributed by atoms with Crippen molar-refractivity contribution in [2.45, 2.75) is 13.1 Å². The Bertz CT molecular complexity index is 670. The second-order valence-electron chi connectivity index (χ2n) is 4.53. The SMILES string of the molecule is Cn1nccc1CNCc1n[nH]nc1-c1ccccc1. The van der Waals surface area contributed by atoms with Gasteiger partial charge >= 0.3 is 0 Å². The lowest BCUT2D eigenvalue weighted by Gasteiger charge is -2.04. The van der Waals surface area contributed by atoms with Crippen molar-refractivity contribution in [3.8, 4) is 11.3 Å². The zero-order chi connectivity index (χ0) is 13.8. The molecular formula is C14H16N6. The van der Waals surface area contributed by atoms with Crippen LogP contribution in [0.1, 0.15) is 11.4 Å². The predicted molar refractivity (Wildman–Crippen MR) is 75.6 cm³/mol. The van der Waals surface area contributed by atoms with E-state index in [0.29, 0.717) is 6.54 Å². The highest BCUT2D eigenvalue weighted by Gasteiger charge is 2.09. The maximum atomic E-state index is 4.23. The van der Waals surface area contributed by atoms with Crippen LogP contribution in [0.15, 0.2) is 42.6 Å². The summed E-state index contributed by atoms with van der Waals surface area (Å²) in [5.41, 5.74) is 4.01. The number of aryl methyl sites for hydroxylation is 1. The van der Waals surface area contributed by atoms with Gasteiger partial charge in [-0.05, 0) is 6.07 Å². The molecule has 0 aliphatic rings. The molecule has 3 rings (SSSR count). The minimum absolute atomic E-state index is 0.659. The molecule has 0 aliphatic heterocycles. The number of H-pyrrole nitrogens is 1. The van der Waals surface area contributed by atoms with Crippen LogP contribution in [0.3, 0.4) is 0 Å². The minimum Gasteiger partial charge on any atom is -0.305 e. The quantitative estimate of drug-likeness (QED) is 0.735. The van der Waals surface area contributed by atoms with Crippen LogP contribution in [-0.4, -0.2) is 25.2 Å². The maximum Gasteiger partial charge on any atom is 0.117 e. The monoisotopic (exact) mass is 268 g/mol. The average molecular weight is 268 g/mol. The third kappa shape index (κ3) is 2.60. The molecule has 20 heavy (non-hydrogen) atoms. The third-order valence-corrected chi connectivity index (χ3v) is 3.19. The van der Waals surface area contributed by atoms with Crippen LogP contribution in [0.25, 0.3) is 11.3 Å². The van der Waals surface area contributed by atoms with E-state index in [-0.39, 0.29) is 0 Å². The number of hydrogen-bond donors (Lipinski definition) is 2. The number of aromatic amines is 1. The van der Waals surface area contributed by atoms with Crippen molar-refractivity contribution in [3.05, 3.63) is 54.0 Å². The van der Waals surface area contributed by atoms with Crippen LogP contribution in [0.4, 0.5) is 0 Å². The smallest absolute Gasteiger partial charge is 0.117 e. The molecule has 2 N–H and O–H groups in total. The first-order chi connectivity index (χ1) is 9.84. The van der Waals surface area contributed by atoms with E-state index in [2.05, 4.69) is 25.8 Å². The van der Waals surface area contributed by atoms with Crippen molar-refractivity contribution < 1.29 is 0 Å². The fourth-order valence-corrected chi connectivity index (χ4v) is 2.09. The Hall–Kier alpha value is -2.47. The van der Waals surface area contributed by atoms with Gasteiger partial charge in [-0.2, -0.15) is 20.5 Å². The van der Waals surface area contributed by atoms with Crippen molar-refractivity contribution in [2.24, 2.45) is 7.05 Å². The van der Waals surface area contributed by atoms with Crippen LogP contribution in [0.5, 0.6) is 0 Å². The number of aromatic nitrogens is 5. The summed E-state index contributed by atoms with van der Waals surface area (Å²) in [6.07, 6.45) is 1.79. The number of nitrogens with one attached hydrogen (secondary N) is 2. The highest BCUT2D eigenvalue weighted by molar-refractivity contribution is 5.60. The Morgan fingerprint density at radius 3 is 2.70 bits per heavy atom. The van der Waals surface area contributed by atoms with E-state index in [9.17, 15) is 0 Å². The Balaban J connectivity index is 1.67. The Morgan fingerprint density at radius 2 is 1.95 bits per heavy atom. The molecule has 2 aromatic heterocycles. The molecule has 0 aliphatic carbocycles. The van der Waals surface area contributed by atoms with Crippen LogP contribution in [0.2, 0.25) is 0 Å². The van der Waals surface area contributed by atoms with Gasteiger partial charge in [0.1, 0.15) is 11.4 Å². The molecule has 102 valence electrons. The van der Waals surface area contributed by atoms with E-state index in [1.54, 1.807) is 6.20 Å². The molecular weight excluding hydrogens is 252 g/mol. The van der Waals surface area contributed by atoms with Crippen molar-refractivity contribution >= 4 is 0 Å². The van der Waals surface area contributed by atoms with Gasteiger partial charge in [0.05, 0.1) is 5.69 Å². The molecule has 0 amide bonds. The van der Waals surface area contributed by atoms with E-state index in [0.717, 1.165) is 29.2 Å². The summed E-state index contributed by atoms with van der Waals surface area (Å²) >= 11 is 0. The predicted octanol–water partition coefficient (Wildman–Crippen LogP) is 1.49. The lowest BCUT2D eigenvalue weighted by Crippen LogP contribution is -2.16. The molecule has 0 atom stereocenters. The van der Waals surface area contributed by atoms with Gasteiger partial charge in [0.25, 0.3) is 0 Å². The lowest BCUT2D eigenvalue weighted by molar-refractivity contribution is 0.619. The largest absolute Gasteiger partial charge is 0.305 e. The highest BCUT2D eigenvalue weighted by Crippen LogP contribution is 2.18. The average Bonchev–Trinajstić information content (AvgIpc) is 3.10. The van der Waals surface area contributed by atoms with Crippen molar-refractivity contribution in [1.29, 1.82) is 0 Å². The topological polar surface area (TPSA) is 71.4 Å². The van der Waals surface area contributed by atoms with Crippen LogP contribution >= 0.6 is 0 Å². The molecule has 0 unspecified atom stereocenters. The van der Waals surface area contributed by atoms with Gasteiger partial charge in [0, 0.05) is 31.9 Å². The maximum absolute atomic E-state index is 4.23. The van der Waals surface area contributed by atoms with E-state index >= 15 is 0 Å². The van der Waals surface area contributed by atoms with E-state index < -0.39 is 0 Å². The molecule has 0 saturated carbocycles. The first-order valence-electron chi connectivity index (χ1n) is 6.47. The van der Waals surface area contributed by atoms with Crippen molar-refractivity contribution in [3.63, 3.8) is 0 Å². The molecule has 0 bridgehead atoms. The van der Waals surface area contributed by atoms with Crippen LogP contribution in [0, 0.1) is 0 Å². The van der Waals surface area contributed by atoms with E-state index in [1.165, 1.54) is 0 Å². The summed E-state index contributed by atoms with van der Waals surface area (Å²) < 4.78 is 1.86. The number of hydrogen-bond acceptors (Lipinski definition) is 4. The van der Waals surface area contributed by atoms with Gasteiger partial charge in [0.15, 0.2) is 0 Å². The van der Waals surface area contributed by atoms with E-state index in [1.807, 2.05) is 48.1 Å². The highest BCUT2D eigenvalue weighted by atomic mass is 15.3. The molecule has 0 spiro atoms. The third-order valence-electron chi connectivity index (χ3n) is 3.19. The summed E-state index contributed by atoms with van der Waals surface area (Å²) in [4.78, 5) is 0. The van der Waals surface area contributed by atoms with Gasteiger partial charge < -0.3 is 5.32 Å². The zero-order valence-corrected chi connectivity index (χ0v) is 11.2. The summed E-state index contributed by atoms with van der Waals surface area (Å²) in [5, 5.41) is 18.6. The molecule has 3 aromatic rings. The fourth-order valence-electron chi connectivity index (χ4n) is 2.09. The summed E-state index contributed by atoms with van der Waals surface area (Å²) in [6, 6.07) is 12.0. The van der Waals surface area contributed by atoms with Gasteiger partial charge in [0.2, 0.25) is 0 Å². The van der Waals surface area contributed by atoms with Gasteiger partial charge in [-0.15, -0.1) is 0 Å². The lowest BCUT2D eigenvalue weighted by atomic mass is 10.1. The standard InChI is InChI=1S/C14H16N6/c1-20-12(7-8-16-20)9-15-10-13-14(18-19-17-13)11-5-3-2-4-6-11/h2-8,15H,9-10H2,1H3,(H,17,18,19). The first kappa shape index (κ1) is 12.6. The molecule has 1 aromatic carbocycles. The normalized spacial score (nSPS) is 10.8. The summed E-state index contributed by atoms with van der Waals surface area (Å²) in [5.74, 6) is 0. The van der Waals surface area contributed by atoms with Gasteiger partial charge in [-0.1, -0.05) is 30.3 Å². The second kappa shape index (κ2) is 5.66. The van der Waals surface area contributed by atoms with Crippen molar-refractivity contribution in [1.82, 2.24) is 30.5 Å². The molecule has 0 radical (unpaired) electrons. The molecule has 6 nitrogen and oxygen atoms in total.